The highest BCUT2D eigenvalue weighted by Crippen LogP contribution is 2.27. The van der Waals surface area contributed by atoms with E-state index in [0.29, 0.717) is 11.3 Å². The molecule has 0 aliphatic heterocycles. The zero-order valence-electron chi connectivity index (χ0n) is 7.02. The molecule has 2 N–H and O–H groups in total. The molecule has 13 heavy (non-hydrogen) atoms. The highest BCUT2D eigenvalue weighted by Gasteiger charge is 2.14. The van der Waals surface area contributed by atoms with E-state index in [9.17, 15) is 8.78 Å². The maximum Gasteiger partial charge on any atom is 0.266 e. The minimum absolute atomic E-state index is 0.148. The van der Waals surface area contributed by atoms with Crippen LogP contribution in [0.1, 0.15) is 23.2 Å². The monoisotopic (exact) mass is 206 g/mol. The lowest BCUT2D eigenvalue weighted by Gasteiger charge is -2.07. The fourth-order valence-electron chi connectivity index (χ4n) is 0.995. The molecule has 1 aromatic rings. The first kappa shape index (κ1) is 10.3. The van der Waals surface area contributed by atoms with E-state index in [-0.39, 0.29) is 17.3 Å². The van der Waals surface area contributed by atoms with Crippen molar-refractivity contribution in [1.82, 2.24) is 4.98 Å². The zero-order chi connectivity index (χ0) is 10.0. The largest absolute Gasteiger partial charge is 0.326 e. The molecule has 0 fully saturated rings. The van der Waals surface area contributed by atoms with Crippen LogP contribution in [0.5, 0.6) is 0 Å². The molecule has 0 saturated carbocycles. The Hall–Kier alpha value is -0.740. The predicted octanol–water partition coefficient (Wildman–Crippen LogP) is 2.44. The summed E-state index contributed by atoms with van der Waals surface area (Å²) >= 11 is 5.52. The van der Waals surface area contributed by atoms with Gasteiger partial charge in [-0.25, -0.2) is 13.8 Å². The molecule has 0 bridgehead atoms. The minimum atomic E-state index is -2.61. The second-order valence-electron chi connectivity index (χ2n) is 2.62. The number of hydrogen-bond donors (Lipinski definition) is 1. The third-order valence-electron chi connectivity index (χ3n) is 1.75. The van der Waals surface area contributed by atoms with Crippen LogP contribution in [-0.2, 0) is 6.54 Å². The standard InChI is InChI=1S/C8H9ClF2N2/c1-4-5(3-12)2-6(8(10)11)7(9)13-4/h2,8H,3,12H2,1H3. The summed E-state index contributed by atoms with van der Waals surface area (Å²) in [5, 5.41) is -0.148. The Kier molecular flexibility index (Phi) is 3.17. The van der Waals surface area contributed by atoms with Gasteiger partial charge in [-0.15, -0.1) is 0 Å². The van der Waals surface area contributed by atoms with Crippen molar-refractivity contribution in [2.24, 2.45) is 5.73 Å². The van der Waals surface area contributed by atoms with E-state index in [1.54, 1.807) is 6.92 Å². The molecule has 0 aliphatic rings. The Labute approximate surface area is 79.7 Å². The van der Waals surface area contributed by atoms with Crippen LogP contribution < -0.4 is 5.73 Å². The van der Waals surface area contributed by atoms with Crippen molar-refractivity contribution in [3.8, 4) is 0 Å². The van der Waals surface area contributed by atoms with Gasteiger partial charge >= 0.3 is 0 Å². The molecule has 2 nitrogen and oxygen atoms in total. The minimum Gasteiger partial charge on any atom is -0.326 e. The normalized spacial score (nSPS) is 10.9. The number of hydrogen-bond acceptors (Lipinski definition) is 2. The van der Waals surface area contributed by atoms with Crippen LogP contribution in [0.25, 0.3) is 0 Å². The van der Waals surface area contributed by atoms with E-state index < -0.39 is 6.43 Å². The summed E-state index contributed by atoms with van der Waals surface area (Å²) in [6.07, 6.45) is -2.61. The number of aryl methyl sites for hydroxylation is 1. The van der Waals surface area contributed by atoms with Crippen molar-refractivity contribution in [3.05, 3.63) is 28.0 Å². The van der Waals surface area contributed by atoms with Gasteiger partial charge in [0.1, 0.15) is 5.15 Å². The van der Waals surface area contributed by atoms with Crippen molar-refractivity contribution < 1.29 is 8.78 Å². The number of halogens is 3. The average molecular weight is 207 g/mol. The first-order chi connectivity index (χ1) is 6.06. The first-order valence-corrected chi connectivity index (χ1v) is 4.08. The number of rotatable bonds is 2. The molecule has 1 aromatic heterocycles. The van der Waals surface area contributed by atoms with Gasteiger partial charge in [0.25, 0.3) is 6.43 Å². The molecular weight excluding hydrogens is 198 g/mol. The lowest BCUT2D eigenvalue weighted by atomic mass is 10.1. The van der Waals surface area contributed by atoms with Crippen LogP contribution in [0.3, 0.4) is 0 Å². The molecule has 1 rings (SSSR count). The molecule has 72 valence electrons. The van der Waals surface area contributed by atoms with Gasteiger partial charge in [0.15, 0.2) is 0 Å². The molecule has 0 spiro atoms. The lowest BCUT2D eigenvalue weighted by Crippen LogP contribution is -2.03. The van der Waals surface area contributed by atoms with E-state index in [4.69, 9.17) is 17.3 Å². The van der Waals surface area contributed by atoms with E-state index in [2.05, 4.69) is 4.98 Å². The quantitative estimate of drug-likeness (QED) is 0.755. The van der Waals surface area contributed by atoms with Crippen LogP contribution in [-0.4, -0.2) is 4.98 Å². The average Bonchev–Trinajstić information content (AvgIpc) is 2.03. The summed E-state index contributed by atoms with van der Waals surface area (Å²) in [4.78, 5) is 3.77. The van der Waals surface area contributed by atoms with E-state index in [0.717, 1.165) is 0 Å². The van der Waals surface area contributed by atoms with E-state index >= 15 is 0 Å². The van der Waals surface area contributed by atoms with Gasteiger partial charge in [-0.05, 0) is 18.6 Å². The van der Waals surface area contributed by atoms with E-state index in [1.807, 2.05) is 0 Å². The third kappa shape index (κ3) is 2.14. The molecule has 0 unspecified atom stereocenters. The molecule has 0 atom stereocenters. The second-order valence-corrected chi connectivity index (χ2v) is 2.98. The number of alkyl halides is 2. The van der Waals surface area contributed by atoms with Gasteiger partial charge in [-0.3, -0.25) is 0 Å². The predicted molar refractivity (Wildman–Crippen MR) is 46.8 cm³/mol. The summed E-state index contributed by atoms with van der Waals surface area (Å²) < 4.78 is 24.6. The van der Waals surface area contributed by atoms with Crippen molar-refractivity contribution in [3.63, 3.8) is 0 Å². The Morgan fingerprint density at radius 3 is 2.69 bits per heavy atom. The maximum absolute atomic E-state index is 12.3. The number of nitrogens with zero attached hydrogens (tertiary/aromatic N) is 1. The molecule has 0 amide bonds. The third-order valence-corrected chi connectivity index (χ3v) is 2.06. The van der Waals surface area contributed by atoms with Crippen molar-refractivity contribution in [1.29, 1.82) is 0 Å². The Bertz CT molecular complexity index is 315. The lowest BCUT2D eigenvalue weighted by molar-refractivity contribution is 0.151. The maximum atomic E-state index is 12.3. The smallest absolute Gasteiger partial charge is 0.266 e. The van der Waals surface area contributed by atoms with Crippen molar-refractivity contribution in [2.75, 3.05) is 0 Å². The Morgan fingerprint density at radius 1 is 1.62 bits per heavy atom. The number of aromatic nitrogens is 1. The summed E-state index contributed by atoms with van der Waals surface area (Å²) in [5.74, 6) is 0. The van der Waals surface area contributed by atoms with Crippen molar-refractivity contribution in [2.45, 2.75) is 19.9 Å². The van der Waals surface area contributed by atoms with Crippen LogP contribution >= 0.6 is 11.6 Å². The molecule has 0 radical (unpaired) electrons. The first-order valence-electron chi connectivity index (χ1n) is 3.70. The Balaban J connectivity index is 3.22. The summed E-state index contributed by atoms with van der Waals surface area (Å²) in [6, 6.07) is 1.30. The van der Waals surface area contributed by atoms with Gasteiger partial charge in [0, 0.05) is 12.2 Å². The van der Waals surface area contributed by atoms with Crippen LogP contribution in [0.15, 0.2) is 6.07 Å². The van der Waals surface area contributed by atoms with Gasteiger partial charge in [0.05, 0.1) is 5.56 Å². The van der Waals surface area contributed by atoms with Gasteiger partial charge < -0.3 is 5.73 Å². The molecule has 1 heterocycles. The van der Waals surface area contributed by atoms with E-state index in [1.165, 1.54) is 6.07 Å². The second kappa shape index (κ2) is 3.98. The fourth-order valence-corrected chi connectivity index (χ4v) is 1.26. The zero-order valence-corrected chi connectivity index (χ0v) is 7.78. The number of pyridine rings is 1. The van der Waals surface area contributed by atoms with Crippen molar-refractivity contribution >= 4 is 11.6 Å². The fraction of sp³-hybridized carbons (Fsp3) is 0.375. The van der Waals surface area contributed by atoms with Gasteiger partial charge in [-0.1, -0.05) is 11.6 Å². The topological polar surface area (TPSA) is 38.9 Å². The summed E-state index contributed by atoms with van der Waals surface area (Å²) in [5.41, 5.74) is 6.28. The molecule has 5 heteroatoms. The SMILES string of the molecule is Cc1nc(Cl)c(C(F)F)cc1CN. The highest BCUT2D eigenvalue weighted by molar-refractivity contribution is 6.30. The molecule has 0 aromatic carbocycles. The summed E-state index contributed by atoms with van der Waals surface area (Å²) in [6.45, 7) is 1.87. The van der Waals surface area contributed by atoms with Crippen LogP contribution in [0.2, 0.25) is 5.15 Å². The molecular formula is C8H9ClF2N2. The molecule has 0 aliphatic carbocycles. The summed E-state index contributed by atoms with van der Waals surface area (Å²) in [7, 11) is 0. The van der Waals surface area contributed by atoms with Crippen LogP contribution in [0, 0.1) is 6.92 Å². The van der Waals surface area contributed by atoms with Gasteiger partial charge in [-0.2, -0.15) is 0 Å². The highest BCUT2D eigenvalue weighted by atomic mass is 35.5. The van der Waals surface area contributed by atoms with Crippen LogP contribution in [0.4, 0.5) is 8.78 Å². The molecule has 0 saturated heterocycles. The van der Waals surface area contributed by atoms with Gasteiger partial charge in [0.2, 0.25) is 0 Å². The Morgan fingerprint density at radius 2 is 2.23 bits per heavy atom. The number of nitrogens with two attached hydrogens (primary N) is 1.